The van der Waals surface area contributed by atoms with Gasteiger partial charge in [0.1, 0.15) is 0 Å². The highest BCUT2D eigenvalue weighted by Crippen LogP contribution is 2.17. The lowest BCUT2D eigenvalue weighted by Crippen LogP contribution is -2.47. The van der Waals surface area contributed by atoms with Crippen LogP contribution in [0.25, 0.3) is 0 Å². The SMILES string of the molecule is CN=C(NCCN1CCOCC1)NC[C@@H]1CCCN1CC(C)C. The predicted octanol–water partition coefficient (Wildman–Crippen LogP) is 0.604. The number of aliphatic imine (C=N–C) groups is 1. The minimum atomic E-state index is 0.648. The predicted molar refractivity (Wildman–Crippen MR) is 96.1 cm³/mol. The van der Waals surface area contributed by atoms with Crippen molar-refractivity contribution in [1.29, 1.82) is 0 Å². The summed E-state index contributed by atoms with van der Waals surface area (Å²) < 4.78 is 5.38. The van der Waals surface area contributed by atoms with Gasteiger partial charge in [0.25, 0.3) is 0 Å². The molecule has 2 aliphatic rings. The van der Waals surface area contributed by atoms with E-state index in [1.807, 2.05) is 7.05 Å². The van der Waals surface area contributed by atoms with E-state index in [-0.39, 0.29) is 0 Å². The number of morpholine rings is 1. The molecule has 2 N–H and O–H groups in total. The number of hydrogen-bond donors (Lipinski definition) is 2. The molecular formula is C17H35N5O. The normalized spacial score (nSPS) is 24.3. The van der Waals surface area contributed by atoms with E-state index in [4.69, 9.17) is 4.74 Å². The van der Waals surface area contributed by atoms with Crippen molar-refractivity contribution in [3.05, 3.63) is 0 Å². The van der Waals surface area contributed by atoms with Crippen molar-refractivity contribution in [2.75, 3.05) is 66.1 Å². The van der Waals surface area contributed by atoms with Crippen LogP contribution in [0.5, 0.6) is 0 Å². The first-order chi connectivity index (χ1) is 11.2. The number of nitrogens with one attached hydrogen (secondary N) is 2. The number of ether oxygens (including phenoxy) is 1. The van der Waals surface area contributed by atoms with Crippen molar-refractivity contribution in [2.24, 2.45) is 10.9 Å². The fourth-order valence-corrected chi connectivity index (χ4v) is 3.43. The lowest BCUT2D eigenvalue weighted by atomic mass is 10.1. The molecule has 0 aromatic heterocycles. The summed E-state index contributed by atoms with van der Waals surface area (Å²) in [4.78, 5) is 9.41. The van der Waals surface area contributed by atoms with E-state index in [0.717, 1.165) is 57.8 Å². The third-order valence-corrected chi connectivity index (χ3v) is 4.65. The van der Waals surface area contributed by atoms with Gasteiger partial charge < -0.3 is 15.4 Å². The molecule has 0 aliphatic carbocycles. The molecule has 0 unspecified atom stereocenters. The molecule has 134 valence electrons. The quantitative estimate of drug-likeness (QED) is 0.530. The number of hydrogen-bond acceptors (Lipinski definition) is 4. The lowest BCUT2D eigenvalue weighted by molar-refractivity contribution is 0.0389. The third-order valence-electron chi connectivity index (χ3n) is 4.65. The zero-order valence-corrected chi connectivity index (χ0v) is 15.2. The Morgan fingerprint density at radius 1 is 1.22 bits per heavy atom. The Bertz CT molecular complexity index is 355. The van der Waals surface area contributed by atoms with Gasteiger partial charge in [-0.2, -0.15) is 0 Å². The number of likely N-dealkylation sites (tertiary alicyclic amines) is 1. The van der Waals surface area contributed by atoms with Crippen molar-refractivity contribution in [2.45, 2.75) is 32.7 Å². The van der Waals surface area contributed by atoms with Gasteiger partial charge in [-0.1, -0.05) is 13.8 Å². The van der Waals surface area contributed by atoms with Gasteiger partial charge in [-0.05, 0) is 25.3 Å². The van der Waals surface area contributed by atoms with E-state index >= 15 is 0 Å². The van der Waals surface area contributed by atoms with Crippen LogP contribution in [0.3, 0.4) is 0 Å². The zero-order chi connectivity index (χ0) is 16.5. The van der Waals surface area contributed by atoms with Gasteiger partial charge in [-0.15, -0.1) is 0 Å². The van der Waals surface area contributed by atoms with Crippen LogP contribution >= 0.6 is 0 Å². The van der Waals surface area contributed by atoms with Gasteiger partial charge in [-0.3, -0.25) is 14.8 Å². The number of rotatable bonds is 7. The Kier molecular flexibility index (Phi) is 8.12. The van der Waals surface area contributed by atoms with Crippen molar-refractivity contribution < 1.29 is 4.74 Å². The topological polar surface area (TPSA) is 52.1 Å². The smallest absolute Gasteiger partial charge is 0.191 e. The maximum Gasteiger partial charge on any atom is 0.191 e. The number of nitrogens with zero attached hydrogens (tertiary/aromatic N) is 3. The Hall–Kier alpha value is -0.850. The maximum absolute atomic E-state index is 5.38. The summed E-state index contributed by atoms with van der Waals surface area (Å²) in [5.41, 5.74) is 0. The lowest BCUT2D eigenvalue weighted by Gasteiger charge is -2.28. The molecule has 6 nitrogen and oxygen atoms in total. The first-order valence-electron chi connectivity index (χ1n) is 9.17. The second kappa shape index (κ2) is 10.1. The van der Waals surface area contributed by atoms with Gasteiger partial charge in [0.2, 0.25) is 0 Å². The highest BCUT2D eigenvalue weighted by Gasteiger charge is 2.24. The Morgan fingerprint density at radius 3 is 2.70 bits per heavy atom. The van der Waals surface area contributed by atoms with E-state index in [9.17, 15) is 0 Å². The van der Waals surface area contributed by atoms with Crippen LogP contribution in [0, 0.1) is 5.92 Å². The molecule has 23 heavy (non-hydrogen) atoms. The molecule has 1 atom stereocenters. The van der Waals surface area contributed by atoms with E-state index in [0.29, 0.717) is 6.04 Å². The molecule has 0 aromatic carbocycles. The molecule has 0 aromatic rings. The highest BCUT2D eigenvalue weighted by atomic mass is 16.5. The summed E-state index contributed by atoms with van der Waals surface area (Å²) in [5, 5.41) is 6.94. The molecule has 0 radical (unpaired) electrons. The third kappa shape index (κ3) is 6.65. The average molecular weight is 326 g/mol. The van der Waals surface area contributed by atoms with Crippen LogP contribution in [-0.2, 0) is 4.74 Å². The summed E-state index contributed by atoms with van der Waals surface area (Å²) in [6, 6.07) is 0.648. The van der Waals surface area contributed by atoms with Crippen LogP contribution < -0.4 is 10.6 Å². The molecular weight excluding hydrogens is 290 g/mol. The fourth-order valence-electron chi connectivity index (χ4n) is 3.43. The second-order valence-corrected chi connectivity index (χ2v) is 7.02. The molecule has 0 spiro atoms. The fraction of sp³-hybridized carbons (Fsp3) is 0.941. The Morgan fingerprint density at radius 2 is 2.00 bits per heavy atom. The van der Waals surface area contributed by atoms with Crippen molar-refractivity contribution in [3.8, 4) is 0 Å². The molecule has 2 heterocycles. The minimum Gasteiger partial charge on any atom is -0.379 e. The Labute approximate surface area is 141 Å². The van der Waals surface area contributed by atoms with Crippen LogP contribution in [0.15, 0.2) is 4.99 Å². The van der Waals surface area contributed by atoms with Crippen LogP contribution in [0.4, 0.5) is 0 Å². The largest absolute Gasteiger partial charge is 0.379 e. The van der Waals surface area contributed by atoms with Crippen LogP contribution in [-0.4, -0.2) is 87.9 Å². The van der Waals surface area contributed by atoms with E-state index in [1.54, 1.807) is 0 Å². The van der Waals surface area contributed by atoms with E-state index in [1.165, 1.54) is 25.9 Å². The van der Waals surface area contributed by atoms with E-state index in [2.05, 4.69) is 39.3 Å². The molecule has 6 heteroatoms. The molecule has 2 fully saturated rings. The van der Waals surface area contributed by atoms with Crippen molar-refractivity contribution >= 4 is 5.96 Å². The molecule has 0 saturated carbocycles. The maximum atomic E-state index is 5.38. The van der Waals surface area contributed by atoms with Gasteiger partial charge >= 0.3 is 0 Å². The van der Waals surface area contributed by atoms with Crippen LogP contribution in [0.1, 0.15) is 26.7 Å². The summed E-state index contributed by atoms with van der Waals surface area (Å²) >= 11 is 0. The first kappa shape index (κ1) is 18.5. The van der Waals surface area contributed by atoms with Crippen LogP contribution in [0.2, 0.25) is 0 Å². The first-order valence-corrected chi connectivity index (χ1v) is 9.17. The molecule has 2 aliphatic heterocycles. The van der Waals surface area contributed by atoms with Gasteiger partial charge in [0, 0.05) is 52.4 Å². The van der Waals surface area contributed by atoms with Gasteiger partial charge in [-0.25, -0.2) is 0 Å². The average Bonchev–Trinajstić information content (AvgIpc) is 2.98. The van der Waals surface area contributed by atoms with E-state index < -0.39 is 0 Å². The van der Waals surface area contributed by atoms with Crippen molar-refractivity contribution in [3.63, 3.8) is 0 Å². The molecule has 2 saturated heterocycles. The van der Waals surface area contributed by atoms with Crippen molar-refractivity contribution in [1.82, 2.24) is 20.4 Å². The highest BCUT2D eigenvalue weighted by molar-refractivity contribution is 5.79. The minimum absolute atomic E-state index is 0.648. The summed E-state index contributed by atoms with van der Waals surface area (Å²) in [6.07, 6.45) is 2.62. The van der Waals surface area contributed by atoms with Gasteiger partial charge in [0.05, 0.1) is 13.2 Å². The Balaban J connectivity index is 1.64. The molecule has 0 bridgehead atoms. The molecule has 2 rings (SSSR count). The van der Waals surface area contributed by atoms with Gasteiger partial charge in [0.15, 0.2) is 5.96 Å². The zero-order valence-electron chi connectivity index (χ0n) is 15.2. The summed E-state index contributed by atoms with van der Waals surface area (Å²) in [5.74, 6) is 1.66. The standard InChI is InChI=1S/C17H35N5O/c1-15(2)14-22-7-4-5-16(22)13-20-17(18-3)19-6-8-21-9-11-23-12-10-21/h15-16H,4-14H2,1-3H3,(H2,18,19,20)/t16-/m0/s1. The summed E-state index contributed by atoms with van der Waals surface area (Å²) in [7, 11) is 1.85. The monoisotopic (exact) mass is 325 g/mol. The summed E-state index contributed by atoms with van der Waals surface area (Å²) in [6.45, 7) is 13.8. The molecule has 0 amide bonds. The second-order valence-electron chi connectivity index (χ2n) is 7.02. The number of guanidine groups is 1.